The van der Waals surface area contributed by atoms with Crippen molar-refractivity contribution in [1.82, 2.24) is 15.3 Å². The first-order valence-electron chi connectivity index (χ1n) is 4.53. The summed E-state index contributed by atoms with van der Waals surface area (Å²) in [4.78, 5) is 7.40. The molecule has 15 heavy (non-hydrogen) atoms. The van der Waals surface area contributed by atoms with E-state index < -0.39 is 15.1 Å². The zero-order valence-corrected chi connectivity index (χ0v) is 9.42. The number of hydrogen-bond acceptors (Lipinski definition) is 5. The molecule has 1 aliphatic heterocycles. The molecule has 1 saturated heterocycles. The monoisotopic (exact) mass is 247 g/mol. The van der Waals surface area contributed by atoms with Crippen molar-refractivity contribution in [3.05, 3.63) is 17.5 Å². The van der Waals surface area contributed by atoms with Crippen molar-refractivity contribution in [2.45, 2.75) is 16.7 Å². The highest BCUT2D eigenvalue weighted by Gasteiger charge is 2.31. The van der Waals surface area contributed by atoms with Gasteiger partial charge in [-0.15, -0.1) is 0 Å². The summed E-state index contributed by atoms with van der Waals surface area (Å²) in [6.07, 6.45) is 1.78. The van der Waals surface area contributed by atoms with Crippen molar-refractivity contribution in [2.75, 3.05) is 13.1 Å². The number of sulfone groups is 1. The second kappa shape index (κ2) is 4.03. The zero-order chi connectivity index (χ0) is 10.9. The summed E-state index contributed by atoms with van der Waals surface area (Å²) in [7, 11) is -3.36. The second-order valence-corrected chi connectivity index (χ2v) is 5.90. The van der Waals surface area contributed by atoms with Crippen LogP contribution in [0.1, 0.15) is 6.42 Å². The van der Waals surface area contributed by atoms with E-state index in [4.69, 9.17) is 11.6 Å². The number of nitrogens with one attached hydrogen (secondary N) is 1. The maximum Gasteiger partial charge on any atom is 0.199 e. The van der Waals surface area contributed by atoms with Gasteiger partial charge in [-0.25, -0.2) is 18.4 Å². The first kappa shape index (κ1) is 10.8. The normalized spacial score (nSPS) is 21.8. The SMILES string of the molecule is O=S(=O)(c1cc(Cl)ncn1)[C@@H]1CCNC1. The minimum atomic E-state index is -3.36. The van der Waals surface area contributed by atoms with Gasteiger partial charge in [0.05, 0.1) is 5.25 Å². The summed E-state index contributed by atoms with van der Waals surface area (Å²) in [5.41, 5.74) is 0. The van der Waals surface area contributed by atoms with Crippen LogP contribution in [0.4, 0.5) is 0 Å². The van der Waals surface area contributed by atoms with Gasteiger partial charge in [-0.3, -0.25) is 0 Å². The van der Waals surface area contributed by atoms with E-state index in [0.717, 1.165) is 12.9 Å². The largest absolute Gasteiger partial charge is 0.315 e. The van der Waals surface area contributed by atoms with Gasteiger partial charge in [0.2, 0.25) is 0 Å². The lowest BCUT2D eigenvalue weighted by atomic mass is 10.4. The first-order chi connectivity index (χ1) is 7.10. The average molecular weight is 248 g/mol. The maximum absolute atomic E-state index is 12.0. The molecule has 0 spiro atoms. The van der Waals surface area contributed by atoms with Crippen molar-refractivity contribution in [2.24, 2.45) is 0 Å². The average Bonchev–Trinajstić information content (AvgIpc) is 2.71. The number of nitrogens with zero attached hydrogens (tertiary/aromatic N) is 2. The Morgan fingerprint density at radius 3 is 2.87 bits per heavy atom. The third kappa shape index (κ3) is 2.11. The third-order valence-electron chi connectivity index (χ3n) is 2.35. The fourth-order valence-corrected chi connectivity index (χ4v) is 3.33. The van der Waals surface area contributed by atoms with E-state index in [1.54, 1.807) is 0 Å². The summed E-state index contributed by atoms with van der Waals surface area (Å²) in [6.45, 7) is 1.20. The quantitative estimate of drug-likeness (QED) is 0.760. The van der Waals surface area contributed by atoms with Crippen LogP contribution in [0.5, 0.6) is 0 Å². The van der Waals surface area contributed by atoms with E-state index in [0.29, 0.717) is 13.0 Å². The van der Waals surface area contributed by atoms with Gasteiger partial charge in [0.15, 0.2) is 14.9 Å². The summed E-state index contributed by atoms with van der Waals surface area (Å²) in [5, 5.41) is 2.77. The van der Waals surface area contributed by atoms with Crippen LogP contribution in [0, 0.1) is 0 Å². The molecule has 0 aliphatic carbocycles. The lowest BCUT2D eigenvalue weighted by molar-refractivity contribution is 0.578. The number of hydrogen-bond donors (Lipinski definition) is 1. The minimum absolute atomic E-state index is 0.0104. The van der Waals surface area contributed by atoms with E-state index in [-0.39, 0.29) is 10.2 Å². The predicted molar refractivity (Wildman–Crippen MR) is 55.5 cm³/mol. The van der Waals surface area contributed by atoms with Crippen molar-refractivity contribution in [3.63, 3.8) is 0 Å². The predicted octanol–water partition coefficient (Wildman–Crippen LogP) is 0.266. The molecule has 1 fully saturated rings. The van der Waals surface area contributed by atoms with E-state index in [2.05, 4.69) is 15.3 Å². The van der Waals surface area contributed by atoms with Crippen LogP contribution in [0.2, 0.25) is 5.15 Å². The van der Waals surface area contributed by atoms with Crippen molar-refractivity contribution in [1.29, 1.82) is 0 Å². The highest BCUT2D eigenvalue weighted by molar-refractivity contribution is 7.92. The van der Waals surface area contributed by atoms with E-state index in [1.165, 1.54) is 6.07 Å². The van der Waals surface area contributed by atoms with Gasteiger partial charge >= 0.3 is 0 Å². The Morgan fingerprint density at radius 1 is 1.47 bits per heavy atom. The minimum Gasteiger partial charge on any atom is -0.315 e. The van der Waals surface area contributed by atoms with Gasteiger partial charge in [-0.05, 0) is 13.0 Å². The smallest absolute Gasteiger partial charge is 0.199 e. The van der Waals surface area contributed by atoms with E-state index in [9.17, 15) is 8.42 Å². The Labute approximate surface area is 92.8 Å². The van der Waals surface area contributed by atoms with Gasteiger partial charge in [-0.2, -0.15) is 0 Å². The molecule has 5 nitrogen and oxygen atoms in total. The molecular weight excluding hydrogens is 238 g/mol. The van der Waals surface area contributed by atoms with Crippen LogP contribution in [0.15, 0.2) is 17.4 Å². The van der Waals surface area contributed by atoms with Gasteiger partial charge in [0, 0.05) is 12.6 Å². The molecule has 0 aromatic carbocycles. The molecule has 82 valence electrons. The first-order valence-corrected chi connectivity index (χ1v) is 6.45. The Morgan fingerprint density at radius 2 is 2.27 bits per heavy atom. The molecule has 0 saturated carbocycles. The lowest BCUT2D eigenvalue weighted by Gasteiger charge is -2.08. The standard InChI is InChI=1S/C8H10ClN3O2S/c9-7-3-8(12-5-11-7)15(13,14)6-1-2-10-4-6/h3,5-6,10H,1-2,4H2/t6-/m1/s1. The third-order valence-corrected chi connectivity index (χ3v) is 4.65. The van der Waals surface area contributed by atoms with Crippen LogP contribution < -0.4 is 5.32 Å². The number of halogens is 1. The molecule has 2 rings (SSSR count). The van der Waals surface area contributed by atoms with Crippen LogP contribution in [-0.4, -0.2) is 36.7 Å². The van der Waals surface area contributed by atoms with Crippen molar-refractivity contribution < 1.29 is 8.42 Å². The fourth-order valence-electron chi connectivity index (χ4n) is 1.54. The van der Waals surface area contributed by atoms with E-state index in [1.807, 2.05) is 0 Å². The Balaban J connectivity index is 2.36. The van der Waals surface area contributed by atoms with Crippen LogP contribution in [-0.2, 0) is 9.84 Å². The molecule has 7 heteroatoms. The van der Waals surface area contributed by atoms with Gasteiger partial charge in [0.25, 0.3) is 0 Å². The van der Waals surface area contributed by atoms with Crippen LogP contribution >= 0.6 is 11.6 Å². The highest BCUT2D eigenvalue weighted by atomic mass is 35.5. The molecular formula is C8H10ClN3O2S. The summed E-state index contributed by atoms with van der Waals surface area (Å²) >= 11 is 5.63. The summed E-state index contributed by atoms with van der Waals surface area (Å²) < 4.78 is 24.0. The number of aromatic nitrogens is 2. The Kier molecular flexibility index (Phi) is 2.90. The van der Waals surface area contributed by atoms with Gasteiger partial charge < -0.3 is 5.32 Å². The van der Waals surface area contributed by atoms with E-state index >= 15 is 0 Å². The fraction of sp³-hybridized carbons (Fsp3) is 0.500. The molecule has 1 aliphatic rings. The molecule has 0 amide bonds. The van der Waals surface area contributed by atoms with Gasteiger partial charge in [-0.1, -0.05) is 11.6 Å². The molecule has 2 heterocycles. The molecule has 1 aromatic rings. The van der Waals surface area contributed by atoms with Gasteiger partial charge in [0.1, 0.15) is 11.5 Å². The maximum atomic E-state index is 12.0. The lowest BCUT2D eigenvalue weighted by Crippen LogP contribution is -2.24. The summed E-state index contributed by atoms with van der Waals surface area (Å²) in [5.74, 6) is 0. The summed E-state index contributed by atoms with van der Waals surface area (Å²) in [6, 6.07) is 1.29. The molecule has 0 bridgehead atoms. The molecule has 0 unspecified atom stereocenters. The van der Waals surface area contributed by atoms with Crippen LogP contribution in [0.3, 0.4) is 0 Å². The topological polar surface area (TPSA) is 72.0 Å². The van der Waals surface area contributed by atoms with Crippen LogP contribution in [0.25, 0.3) is 0 Å². The molecule has 1 N–H and O–H groups in total. The Bertz CT molecular complexity index is 457. The molecule has 1 aromatic heterocycles. The zero-order valence-electron chi connectivity index (χ0n) is 7.85. The Hall–Kier alpha value is -0.720. The highest BCUT2D eigenvalue weighted by Crippen LogP contribution is 2.19. The molecule has 1 atom stereocenters. The second-order valence-electron chi connectivity index (χ2n) is 3.34. The van der Waals surface area contributed by atoms with Crippen molar-refractivity contribution in [3.8, 4) is 0 Å². The number of rotatable bonds is 2. The van der Waals surface area contributed by atoms with Crippen molar-refractivity contribution >= 4 is 21.4 Å². The molecule has 0 radical (unpaired) electrons.